The number of imidazole rings is 2. The Labute approximate surface area is 336 Å². The largest absolute Gasteiger partial charge is 0.478 e. The molecule has 4 aromatic carbocycles. The third kappa shape index (κ3) is 10.5. The molecule has 0 fully saturated rings. The molecule has 0 radical (unpaired) electrons. The molecule has 0 amide bonds. The van der Waals surface area contributed by atoms with E-state index in [2.05, 4.69) is 22.1 Å². The first-order chi connectivity index (χ1) is 27.6. The van der Waals surface area contributed by atoms with Crippen LogP contribution in [-0.2, 0) is 33.5 Å². The van der Waals surface area contributed by atoms with Crippen LogP contribution in [0.15, 0.2) is 73.3 Å². The van der Waals surface area contributed by atoms with Gasteiger partial charge in [-0.05, 0) is 88.1 Å². The van der Waals surface area contributed by atoms with Gasteiger partial charge in [-0.3, -0.25) is 4.79 Å². The van der Waals surface area contributed by atoms with Gasteiger partial charge < -0.3 is 10.8 Å². The molecule has 16 heteroatoms. The Bertz CT molecular complexity index is 2600. The van der Waals surface area contributed by atoms with Crippen molar-refractivity contribution in [2.75, 3.05) is 0 Å². The van der Waals surface area contributed by atoms with Crippen LogP contribution in [0.4, 0.5) is 26.3 Å². The van der Waals surface area contributed by atoms with Crippen molar-refractivity contribution in [1.82, 2.24) is 9.97 Å². The molecular weight excluding hydrogens is 777 g/mol. The van der Waals surface area contributed by atoms with Gasteiger partial charge in [-0.15, -0.1) is 0 Å². The second kappa shape index (κ2) is 18.4. The summed E-state index contributed by atoms with van der Waals surface area (Å²) in [5.74, 6) is -6.49. The molecule has 6 aromatic rings. The summed E-state index contributed by atoms with van der Waals surface area (Å²) in [5.41, 5.74) is 6.65. The first kappa shape index (κ1) is 45.2. The van der Waals surface area contributed by atoms with Crippen LogP contribution >= 0.6 is 0 Å². The Hall–Kier alpha value is -6.52. The molecule has 0 saturated carbocycles. The lowest BCUT2D eigenvalue weighted by molar-refractivity contribution is -0.660. The molecule has 2 atom stereocenters. The Kier molecular flexibility index (Phi) is 14.1. The number of carbonyl (C=O) groups is 2. The number of nitrogens with zero attached hydrogens (tertiary/aromatic N) is 4. The summed E-state index contributed by atoms with van der Waals surface area (Å²) in [4.78, 5) is 28.4. The number of nitriles is 2. The SMILES string of the molecule is CC(CC(=O)C[n+]1c[nH]c2ccc(F)c(F)c21)c1ccc(C(C)(C)C#N)c(F)c1.CC(N)c1ccc(C(C)(C)C#N)c(F)c1.O=C(O)C[n+]1c[nH]c2ccc(F)c(F)c21. The summed E-state index contributed by atoms with van der Waals surface area (Å²) in [6, 6.07) is 18.2. The zero-order valence-electron chi connectivity index (χ0n) is 33.1. The Morgan fingerprint density at radius 2 is 1.12 bits per heavy atom. The van der Waals surface area contributed by atoms with Crippen LogP contribution in [0.1, 0.15) is 82.2 Å². The van der Waals surface area contributed by atoms with Gasteiger partial charge in [0, 0.05) is 23.6 Å². The highest BCUT2D eigenvalue weighted by atomic mass is 19.2. The highest BCUT2D eigenvalue weighted by molar-refractivity contribution is 5.79. The van der Waals surface area contributed by atoms with E-state index in [1.54, 1.807) is 65.8 Å². The number of benzene rings is 4. The molecular formula is C43H43F6N7O3+2. The number of aromatic nitrogens is 4. The van der Waals surface area contributed by atoms with Crippen molar-refractivity contribution in [3.63, 3.8) is 0 Å². The number of hydrogen-bond acceptors (Lipinski definition) is 5. The summed E-state index contributed by atoms with van der Waals surface area (Å²) >= 11 is 0. The van der Waals surface area contributed by atoms with E-state index in [9.17, 15) is 41.2 Å². The highest BCUT2D eigenvalue weighted by Crippen LogP contribution is 2.29. The Morgan fingerprint density at radius 1 is 0.695 bits per heavy atom. The number of H-pyrrole nitrogens is 2. The first-order valence-electron chi connectivity index (χ1n) is 18.2. The molecule has 2 unspecified atom stereocenters. The van der Waals surface area contributed by atoms with E-state index in [1.165, 1.54) is 41.5 Å². The van der Waals surface area contributed by atoms with Crippen LogP contribution in [0.5, 0.6) is 0 Å². The van der Waals surface area contributed by atoms with E-state index >= 15 is 0 Å². The van der Waals surface area contributed by atoms with E-state index in [0.717, 1.165) is 22.3 Å². The number of ketones is 1. The predicted octanol–water partition coefficient (Wildman–Crippen LogP) is 7.90. The number of nitrogens with two attached hydrogens (primary N) is 1. The van der Waals surface area contributed by atoms with Crippen LogP contribution in [0, 0.1) is 57.6 Å². The van der Waals surface area contributed by atoms with Gasteiger partial charge in [0.15, 0.2) is 35.0 Å². The molecule has 0 aliphatic heterocycles. The van der Waals surface area contributed by atoms with Crippen molar-refractivity contribution in [2.45, 2.75) is 83.8 Å². The maximum atomic E-state index is 14.5. The van der Waals surface area contributed by atoms with Crippen LogP contribution in [0.2, 0.25) is 0 Å². The van der Waals surface area contributed by atoms with Gasteiger partial charge >= 0.3 is 5.97 Å². The van der Waals surface area contributed by atoms with Crippen LogP contribution in [-0.4, -0.2) is 26.8 Å². The molecule has 0 saturated heterocycles. The molecule has 0 spiro atoms. The second-order valence-corrected chi connectivity index (χ2v) is 15.1. The van der Waals surface area contributed by atoms with Gasteiger partial charge in [0.2, 0.25) is 35.3 Å². The lowest BCUT2D eigenvalue weighted by Gasteiger charge is -2.18. The van der Waals surface area contributed by atoms with Gasteiger partial charge in [-0.25, -0.2) is 41.5 Å². The molecule has 0 bridgehead atoms. The number of nitrogens with one attached hydrogen (secondary N) is 2. The van der Waals surface area contributed by atoms with Gasteiger partial charge in [-0.1, -0.05) is 31.2 Å². The number of hydrogen-bond donors (Lipinski definition) is 4. The minimum atomic E-state index is -1.12. The number of rotatable bonds is 10. The maximum absolute atomic E-state index is 14.5. The quantitative estimate of drug-likeness (QED) is 0.0810. The number of carboxylic acids is 1. The van der Waals surface area contributed by atoms with Crippen molar-refractivity contribution in [2.24, 2.45) is 5.73 Å². The minimum Gasteiger partial charge on any atom is -0.478 e. The lowest BCUT2D eigenvalue weighted by Crippen LogP contribution is -2.37. The number of halogens is 6. The highest BCUT2D eigenvalue weighted by Gasteiger charge is 2.27. The monoisotopic (exact) mass is 819 g/mol. The predicted molar refractivity (Wildman–Crippen MR) is 205 cm³/mol. The third-order valence-corrected chi connectivity index (χ3v) is 9.64. The minimum absolute atomic E-state index is 0.000125. The van der Waals surface area contributed by atoms with Crippen LogP contribution < -0.4 is 14.9 Å². The lowest BCUT2D eigenvalue weighted by atomic mass is 9.84. The molecule has 6 rings (SSSR count). The molecule has 0 aliphatic rings. The van der Waals surface area contributed by atoms with Gasteiger partial charge in [-0.2, -0.15) is 19.3 Å². The summed E-state index contributed by atoms with van der Waals surface area (Å²) in [5, 5.41) is 26.7. The Morgan fingerprint density at radius 3 is 1.53 bits per heavy atom. The number of aromatic amines is 2. The number of Topliss-reactive ketones (excluding diaryl/α,β-unsaturated/α-hetero) is 1. The average molecular weight is 820 g/mol. The summed E-state index contributed by atoms with van der Waals surface area (Å²) in [6.45, 7) is 9.70. The van der Waals surface area contributed by atoms with E-state index in [-0.39, 0.29) is 47.6 Å². The molecule has 0 aliphatic carbocycles. The normalized spacial score (nSPS) is 12.4. The van der Waals surface area contributed by atoms with Gasteiger partial charge in [0.1, 0.15) is 18.2 Å². The number of fused-ring (bicyclic) bond motifs is 2. The number of carbonyl (C=O) groups excluding carboxylic acids is 1. The zero-order valence-corrected chi connectivity index (χ0v) is 33.1. The summed E-state index contributed by atoms with van der Waals surface area (Å²) in [7, 11) is 0. The van der Waals surface area contributed by atoms with Crippen molar-refractivity contribution in [3.05, 3.63) is 130 Å². The van der Waals surface area contributed by atoms with E-state index in [4.69, 9.17) is 16.1 Å². The molecule has 10 nitrogen and oxygen atoms in total. The topological polar surface area (TPSA) is 167 Å². The molecule has 2 heterocycles. The van der Waals surface area contributed by atoms with Crippen molar-refractivity contribution in [1.29, 1.82) is 10.5 Å². The second-order valence-electron chi connectivity index (χ2n) is 15.1. The van der Waals surface area contributed by atoms with Crippen molar-refractivity contribution in [3.8, 4) is 12.1 Å². The number of carboxylic acid groups (broad SMARTS) is 1. The fraction of sp³-hybridized carbons (Fsp3) is 0.302. The van der Waals surface area contributed by atoms with E-state index in [1.807, 2.05) is 0 Å². The van der Waals surface area contributed by atoms with Crippen LogP contribution in [0.3, 0.4) is 0 Å². The fourth-order valence-electron chi connectivity index (χ4n) is 6.19. The standard InChI is InChI=1S/C22H20F3N3O.C12H15FN2.C9H6F2N2O2/c1-13(14-4-5-16(18(24)9-14)22(2,3)11-26)8-15(29)10-28-12-27-19-7-6-17(23)20(25)21(19)28;1-8(15)9-4-5-10(11(13)6-9)12(2,3)7-14;10-5-1-2-6-9(8(5)11)13(4-12-6)3-7(14)15/h4-7,9,12-13H,8,10H2,1-3H3;4-6,8H,15H2,1-3H3;1-2,4H,3H2,(H,14,15)/p+2. The van der Waals surface area contributed by atoms with Gasteiger partial charge in [0.05, 0.1) is 23.0 Å². The van der Waals surface area contributed by atoms with Gasteiger partial charge in [0.25, 0.3) is 0 Å². The molecule has 5 N–H and O–H groups in total. The molecule has 308 valence electrons. The molecule has 2 aromatic heterocycles. The number of aliphatic carboxylic acids is 1. The first-order valence-corrected chi connectivity index (χ1v) is 18.2. The third-order valence-electron chi connectivity index (χ3n) is 9.64. The van der Waals surface area contributed by atoms with Crippen molar-refractivity contribution >= 4 is 33.8 Å². The zero-order chi connectivity index (χ0) is 44.0. The Balaban J connectivity index is 0.000000215. The summed E-state index contributed by atoms with van der Waals surface area (Å²) < 4.78 is 84.4. The smallest absolute Gasteiger partial charge is 0.346 e. The fourth-order valence-corrected chi connectivity index (χ4v) is 6.19. The van der Waals surface area contributed by atoms with E-state index in [0.29, 0.717) is 27.7 Å². The maximum Gasteiger partial charge on any atom is 0.346 e. The van der Waals surface area contributed by atoms with Crippen molar-refractivity contribution < 1.29 is 50.2 Å². The molecule has 59 heavy (non-hydrogen) atoms. The van der Waals surface area contributed by atoms with Crippen LogP contribution in [0.25, 0.3) is 22.1 Å². The van der Waals surface area contributed by atoms with E-state index < -0.39 is 52.4 Å². The average Bonchev–Trinajstić information content (AvgIpc) is 3.78. The summed E-state index contributed by atoms with van der Waals surface area (Å²) in [6.07, 6.45) is 2.83.